The monoisotopic (exact) mass is 315 g/mol. The molecule has 0 unspecified atom stereocenters. The Labute approximate surface area is 137 Å². The summed E-state index contributed by atoms with van der Waals surface area (Å²) in [7, 11) is 0. The molecule has 1 aromatic rings. The van der Waals surface area contributed by atoms with Crippen molar-refractivity contribution in [3.05, 3.63) is 29.8 Å². The van der Waals surface area contributed by atoms with E-state index in [0.29, 0.717) is 5.92 Å². The molecule has 1 atom stereocenters. The molecule has 0 saturated heterocycles. The number of amides is 2. The summed E-state index contributed by atoms with van der Waals surface area (Å²) >= 11 is 0. The Hall–Kier alpha value is -2.17. The highest BCUT2D eigenvalue weighted by molar-refractivity contribution is 5.93. The first-order chi connectivity index (χ1) is 11.0. The zero-order valence-corrected chi connectivity index (χ0v) is 13.9. The highest BCUT2D eigenvalue weighted by atomic mass is 16.2. The number of anilines is 1. The second-order valence-electron chi connectivity index (χ2n) is 6.20. The molecule has 1 fully saturated rings. The predicted molar refractivity (Wildman–Crippen MR) is 92.3 cm³/mol. The second kappa shape index (κ2) is 8.46. The van der Waals surface area contributed by atoms with E-state index < -0.39 is 0 Å². The quantitative estimate of drug-likeness (QED) is 0.818. The number of benzene rings is 1. The van der Waals surface area contributed by atoms with Gasteiger partial charge in [0.25, 0.3) is 0 Å². The summed E-state index contributed by atoms with van der Waals surface area (Å²) in [5, 5.41) is 7.00. The third-order valence-electron chi connectivity index (χ3n) is 4.13. The van der Waals surface area contributed by atoms with Crippen molar-refractivity contribution in [3.8, 4) is 0 Å². The lowest BCUT2D eigenvalue weighted by Gasteiger charge is -2.19. The number of hydrogen-bond donors (Lipinski definition) is 2. The van der Waals surface area contributed by atoms with Crippen LogP contribution < -0.4 is 10.7 Å². The molecule has 23 heavy (non-hydrogen) atoms. The fourth-order valence-electron chi connectivity index (χ4n) is 2.61. The Kier molecular flexibility index (Phi) is 6.32. The molecule has 1 aliphatic rings. The van der Waals surface area contributed by atoms with Crippen molar-refractivity contribution < 1.29 is 9.59 Å². The van der Waals surface area contributed by atoms with Gasteiger partial charge in [-0.2, -0.15) is 5.10 Å². The predicted octanol–water partition coefficient (Wildman–Crippen LogP) is 3.40. The first-order valence-electron chi connectivity index (χ1n) is 8.26. The summed E-state index contributed by atoms with van der Waals surface area (Å²) < 4.78 is 0. The number of aryl methyl sites for hydroxylation is 1. The van der Waals surface area contributed by atoms with Crippen LogP contribution in [0.2, 0.25) is 0 Å². The van der Waals surface area contributed by atoms with Gasteiger partial charge in [-0.3, -0.25) is 9.59 Å². The van der Waals surface area contributed by atoms with Gasteiger partial charge in [0.15, 0.2) is 0 Å². The number of carbonyl (C=O) groups excluding carboxylic acids is 2. The first kappa shape index (κ1) is 17.2. The van der Waals surface area contributed by atoms with Crippen LogP contribution in [0.3, 0.4) is 0 Å². The standard InChI is InChI=1S/C18H25N3O2/c1-13-7-9-15(10-8-13)19-17(22)11-12-18(23)21-20-16-6-4-3-5-14(16)2/h7-10,14H,3-6,11-12H2,1-2H3,(H,19,22)(H,21,23)/b20-16-/t14-/m1/s1. The summed E-state index contributed by atoms with van der Waals surface area (Å²) in [6.45, 7) is 4.13. The van der Waals surface area contributed by atoms with Crippen molar-refractivity contribution in [1.82, 2.24) is 5.43 Å². The molecule has 2 rings (SSSR count). The lowest BCUT2D eigenvalue weighted by Crippen LogP contribution is -2.25. The minimum Gasteiger partial charge on any atom is -0.326 e. The van der Waals surface area contributed by atoms with E-state index >= 15 is 0 Å². The maximum atomic E-state index is 11.8. The highest BCUT2D eigenvalue weighted by Gasteiger charge is 2.16. The van der Waals surface area contributed by atoms with Gasteiger partial charge in [0, 0.05) is 24.2 Å². The van der Waals surface area contributed by atoms with Gasteiger partial charge in [0.2, 0.25) is 11.8 Å². The van der Waals surface area contributed by atoms with Gasteiger partial charge in [-0.25, -0.2) is 5.43 Å². The Morgan fingerprint density at radius 1 is 1.13 bits per heavy atom. The fourth-order valence-corrected chi connectivity index (χ4v) is 2.61. The summed E-state index contributed by atoms with van der Waals surface area (Å²) in [4.78, 5) is 23.6. The van der Waals surface area contributed by atoms with E-state index in [9.17, 15) is 9.59 Å². The fraction of sp³-hybridized carbons (Fsp3) is 0.500. The van der Waals surface area contributed by atoms with Gasteiger partial charge in [0.1, 0.15) is 0 Å². The molecule has 0 aromatic heterocycles. The third-order valence-corrected chi connectivity index (χ3v) is 4.13. The molecule has 5 nitrogen and oxygen atoms in total. The van der Waals surface area contributed by atoms with Crippen LogP contribution in [0.15, 0.2) is 29.4 Å². The van der Waals surface area contributed by atoms with Crippen molar-refractivity contribution in [3.63, 3.8) is 0 Å². The first-order valence-corrected chi connectivity index (χ1v) is 8.26. The summed E-state index contributed by atoms with van der Waals surface area (Å²) in [6, 6.07) is 7.57. The third kappa shape index (κ3) is 5.85. The molecular formula is C18H25N3O2. The Morgan fingerprint density at radius 3 is 2.52 bits per heavy atom. The number of nitrogens with zero attached hydrogens (tertiary/aromatic N) is 1. The molecule has 0 aliphatic heterocycles. The normalized spacial score (nSPS) is 19.4. The van der Waals surface area contributed by atoms with Crippen molar-refractivity contribution >= 4 is 23.2 Å². The van der Waals surface area contributed by atoms with Crippen molar-refractivity contribution in [1.29, 1.82) is 0 Å². The molecule has 124 valence electrons. The largest absolute Gasteiger partial charge is 0.326 e. The van der Waals surface area contributed by atoms with Crippen LogP contribution in [-0.2, 0) is 9.59 Å². The number of carbonyl (C=O) groups is 2. The van der Waals surface area contributed by atoms with E-state index in [4.69, 9.17) is 0 Å². The SMILES string of the molecule is Cc1ccc(NC(=O)CCC(=O)N/N=C2/CCCC[C@H]2C)cc1. The summed E-state index contributed by atoms with van der Waals surface area (Å²) in [6.07, 6.45) is 4.75. The van der Waals surface area contributed by atoms with Gasteiger partial charge >= 0.3 is 0 Å². The summed E-state index contributed by atoms with van der Waals surface area (Å²) in [5.74, 6) is 0.0610. The maximum Gasteiger partial charge on any atom is 0.240 e. The minimum absolute atomic E-state index is 0.142. The van der Waals surface area contributed by atoms with E-state index in [0.717, 1.165) is 36.2 Å². The molecule has 0 heterocycles. The number of rotatable bonds is 5. The van der Waals surface area contributed by atoms with Crippen LogP contribution >= 0.6 is 0 Å². The van der Waals surface area contributed by atoms with Gasteiger partial charge < -0.3 is 5.32 Å². The Balaban J connectivity index is 1.72. The zero-order chi connectivity index (χ0) is 16.7. The average molecular weight is 315 g/mol. The lowest BCUT2D eigenvalue weighted by molar-refractivity contribution is -0.124. The second-order valence-corrected chi connectivity index (χ2v) is 6.20. The average Bonchev–Trinajstić information content (AvgIpc) is 2.54. The molecule has 2 N–H and O–H groups in total. The maximum absolute atomic E-state index is 11.8. The zero-order valence-electron chi connectivity index (χ0n) is 13.9. The highest BCUT2D eigenvalue weighted by Crippen LogP contribution is 2.20. The van der Waals surface area contributed by atoms with Crippen LogP contribution in [0.4, 0.5) is 5.69 Å². The van der Waals surface area contributed by atoms with E-state index in [1.807, 2.05) is 31.2 Å². The molecule has 1 aliphatic carbocycles. The molecule has 0 radical (unpaired) electrons. The van der Waals surface area contributed by atoms with Crippen LogP contribution in [0.25, 0.3) is 0 Å². The van der Waals surface area contributed by atoms with Gasteiger partial charge in [-0.15, -0.1) is 0 Å². The van der Waals surface area contributed by atoms with Crippen LogP contribution in [-0.4, -0.2) is 17.5 Å². The van der Waals surface area contributed by atoms with E-state index in [1.54, 1.807) is 0 Å². The van der Waals surface area contributed by atoms with Crippen LogP contribution in [0.5, 0.6) is 0 Å². The van der Waals surface area contributed by atoms with E-state index in [1.165, 1.54) is 6.42 Å². The Bertz CT molecular complexity index is 578. The molecule has 5 heteroatoms. The lowest BCUT2D eigenvalue weighted by atomic mass is 9.89. The Morgan fingerprint density at radius 2 is 1.83 bits per heavy atom. The molecule has 0 spiro atoms. The summed E-state index contributed by atoms with van der Waals surface area (Å²) in [5.41, 5.74) is 5.53. The topological polar surface area (TPSA) is 70.6 Å². The molecule has 0 bridgehead atoms. The molecule has 1 saturated carbocycles. The van der Waals surface area contributed by atoms with Crippen molar-refractivity contribution in [2.75, 3.05) is 5.32 Å². The smallest absolute Gasteiger partial charge is 0.240 e. The molecular weight excluding hydrogens is 290 g/mol. The number of hydrazone groups is 1. The van der Waals surface area contributed by atoms with E-state index in [2.05, 4.69) is 22.8 Å². The van der Waals surface area contributed by atoms with Crippen molar-refractivity contribution in [2.24, 2.45) is 11.0 Å². The minimum atomic E-state index is -0.214. The van der Waals surface area contributed by atoms with Crippen LogP contribution in [0.1, 0.15) is 51.0 Å². The van der Waals surface area contributed by atoms with Gasteiger partial charge in [0.05, 0.1) is 0 Å². The molecule has 2 amide bonds. The molecule has 1 aromatic carbocycles. The van der Waals surface area contributed by atoms with Crippen molar-refractivity contribution in [2.45, 2.75) is 52.4 Å². The number of nitrogens with one attached hydrogen (secondary N) is 2. The van der Waals surface area contributed by atoms with Gasteiger partial charge in [-0.1, -0.05) is 31.0 Å². The van der Waals surface area contributed by atoms with E-state index in [-0.39, 0.29) is 24.7 Å². The van der Waals surface area contributed by atoms with Gasteiger partial charge in [-0.05, 0) is 44.2 Å². The van der Waals surface area contributed by atoms with Crippen LogP contribution in [0, 0.1) is 12.8 Å². The number of hydrogen-bond acceptors (Lipinski definition) is 3.